The summed E-state index contributed by atoms with van der Waals surface area (Å²) in [7, 11) is 0. The lowest BCUT2D eigenvalue weighted by molar-refractivity contribution is 0.942. The average molecular weight is 242 g/mol. The van der Waals surface area contributed by atoms with Gasteiger partial charge in [-0.2, -0.15) is 0 Å². The molecule has 3 rings (SSSR count). The van der Waals surface area contributed by atoms with Crippen LogP contribution in [-0.2, 0) is 0 Å². The Hall–Kier alpha value is -2.76. The van der Waals surface area contributed by atoms with E-state index in [-0.39, 0.29) is 0 Å². The van der Waals surface area contributed by atoms with Gasteiger partial charge < -0.3 is 15.8 Å². The van der Waals surface area contributed by atoms with Gasteiger partial charge in [0.15, 0.2) is 0 Å². The van der Waals surface area contributed by atoms with Gasteiger partial charge in [-0.25, -0.2) is 4.68 Å². The number of hydrogen-bond donors (Lipinski definition) is 3. The van der Waals surface area contributed by atoms with Crippen LogP contribution in [0.15, 0.2) is 46.1 Å². The topological polar surface area (TPSA) is 96.7 Å². The number of nitrogens with one attached hydrogen (secondary N) is 2. The third kappa shape index (κ3) is 1.43. The molecule has 0 saturated heterocycles. The van der Waals surface area contributed by atoms with Crippen molar-refractivity contribution in [1.29, 1.82) is 0 Å². The van der Waals surface area contributed by atoms with Gasteiger partial charge in [0.25, 0.3) is 0 Å². The molecule has 3 aromatic rings. The van der Waals surface area contributed by atoms with E-state index in [0.29, 0.717) is 11.0 Å². The second kappa shape index (κ2) is 3.63. The zero-order chi connectivity index (χ0) is 12.7. The van der Waals surface area contributed by atoms with Gasteiger partial charge in [-0.1, -0.05) is 6.07 Å². The number of rotatable bonds is 1. The minimum atomic E-state index is -0.772. The molecule has 0 aliphatic carbocycles. The monoisotopic (exact) mass is 242 g/mol. The zero-order valence-electron chi connectivity index (χ0n) is 9.31. The molecular formula is C12H10N4O2. The van der Waals surface area contributed by atoms with E-state index < -0.39 is 11.1 Å². The highest BCUT2D eigenvalue weighted by molar-refractivity contribution is 5.80. The van der Waals surface area contributed by atoms with Crippen LogP contribution in [0, 0.1) is 0 Å². The first-order valence-electron chi connectivity index (χ1n) is 5.35. The Kier molecular flexibility index (Phi) is 2.09. The predicted molar refractivity (Wildman–Crippen MR) is 68.8 cm³/mol. The third-order valence-corrected chi connectivity index (χ3v) is 2.83. The summed E-state index contributed by atoms with van der Waals surface area (Å²) in [6.45, 7) is 0. The highest BCUT2D eigenvalue weighted by Gasteiger charge is 2.06. The highest BCUT2D eigenvalue weighted by Crippen LogP contribution is 2.20. The van der Waals surface area contributed by atoms with E-state index in [0.717, 1.165) is 15.9 Å². The Labute approximate surface area is 101 Å². The van der Waals surface area contributed by atoms with Gasteiger partial charge in [0, 0.05) is 17.5 Å². The Balaban J connectivity index is 2.37. The molecule has 2 aromatic heterocycles. The van der Waals surface area contributed by atoms with Crippen molar-refractivity contribution < 1.29 is 0 Å². The molecule has 6 nitrogen and oxygen atoms in total. The highest BCUT2D eigenvalue weighted by atomic mass is 16.2. The maximum atomic E-state index is 11.5. The number of fused-ring (bicyclic) bond motifs is 1. The number of nitrogens with zero attached hydrogens (tertiary/aromatic N) is 1. The summed E-state index contributed by atoms with van der Waals surface area (Å²) < 4.78 is 0.862. The van der Waals surface area contributed by atoms with Crippen LogP contribution in [0.5, 0.6) is 0 Å². The molecule has 90 valence electrons. The predicted octanol–water partition coefficient (Wildman–Crippen LogP) is 0.399. The van der Waals surface area contributed by atoms with E-state index >= 15 is 0 Å². The normalized spacial score (nSPS) is 10.9. The fourth-order valence-corrected chi connectivity index (χ4v) is 1.91. The Bertz CT molecular complexity index is 827. The van der Waals surface area contributed by atoms with Crippen LogP contribution < -0.4 is 17.0 Å². The summed E-state index contributed by atoms with van der Waals surface area (Å²) in [6.07, 6.45) is 1.81. The van der Waals surface area contributed by atoms with Crippen molar-refractivity contribution in [3.05, 3.63) is 57.2 Å². The molecule has 4 N–H and O–H groups in total. The second-order valence-corrected chi connectivity index (χ2v) is 3.95. The standard InChI is InChI=1S/C12H10N4O2/c13-16-10-6-7(8-2-1-5-14-8)3-4-9(10)15-11(17)12(16)18/h1-6,14H,13H2,(H,15,17). The Morgan fingerprint density at radius 2 is 2.00 bits per heavy atom. The molecule has 0 saturated carbocycles. The molecule has 0 unspecified atom stereocenters. The lowest BCUT2D eigenvalue weighted by atomic mass is 10.1. The Morgan fingerprint density at radius 3 is 2.72 bits per heavy atom. The van der Waals surface area contributed by atoms with Crippen LogP contribution in [0.2, 0.25) is 0 Å². The molecule has 0 aliphatic rings. The van der Waals surface area contributed by atoms with Crippen molar-refractivity contribution in [1.82, 2.24) is 14.6 Å². The van der Waals surface area contributed by atoms with Gasteiger partial charge in [-0.15, -0.1) is 0 Å². The summed E-state index contributed by atoms with van der Waals surface area (Å²) in [5.41, 5.74) is 1.31. The van der Waals surface area contributed by atoms with E-state index in [2.05, 4.69) is 9.97 Å². The molecule has 0 fully saturated rings. The Morgan fingerprint density at radius 1 is 1.17 bits per heavy atom. The van der Waals surface area contributed by atoms with Crippen molar-refractivity contribution in [2.75, 3.05) is 5.84 Å². The van der Waals surface area contributed by atoms with Crippen molar-refractivity contribution in [2.45, 2.75) is 0 Å². The molecule has 2 heterocycles. The summed E-state index contributed by atoms with van der Waals surface area (Å²) in [6, 6.07) is 9.09. The van der Waals surface area contributed by atoms with Crippen molar-refractivity contribution >= 4 is 11.0 Å². The number of hydrogen-bond acceptors (Lipinski definition) is 3. The molecule has 0 atom stereocenters. The number of nitrogens with two attached hydrogens (primary N) is 1. The lowest BCUT2D eigenvalue weighted by Crippen LogP contribution is -2.40. The third-order valence-electron chi connectivity index (χ3n) is 2.83. The van der Waals surface area contributed by atoms with Crippen LogP contribution in [-0.4, -0.2) is 14.6 Å². The minimum Gasteiger partial charge on any atom is -0.361 e. The van der Waals surface area contributed by atoms with Gasteiger partial charge in [-0.3, -0.25) is 9.59 Å². The fourth-order valence-electron chi connectivity index (χ4n) is 1.91. The quantitative estimate of drug-likeness (QED) is 0.425. The van der Waals surface area contributed by atoms with E-state index in [1.807, 2.05) is 24.4 Å². The number of H-pyrrole nitrogens is 2. The summed E-state index contributed by atoms with van der Waals surface area (Å²) in [5.74, 6) is 5.62. The van der Waals surface area contributed by atoms with E-state index in [1.54, 1.807) is 12.1 Å². The fraction of sp³-hybridized carbons (Fsp3) is 0. The van der Waals surface area contributed by atoms with Crippen LogP contribution >= 0.6 is 0 Å². The number of benzene rings is 1. The van der Waals surface area contributed by atoms with Crippen molar-refractivity contribution in [3.8, 4) is 11.3 Å². The molecule has 0 bridgehead atoms. The lowest BCUT2D eigenvalue weighted by Gasteiger charge is -2.05. The zero-order valence-corrected chi connectivity index (χ0v) is 9.31. The van der Waals surface area contributed by atoms with Gasteiger partial charge in [0.2, 0.25) is 0 Å². The van der Waals surface area contributed by atoms with Crippen LogP contribution in [0.1, 0.15) is 0 Å². The average Bonchev–Trinajstić information content (AvgIpc) is 2.90. The maximum absolute atomic E-state index is 11.5. The number of aromatic nitrogens is 3. The molecule has 0 aliphatic heterocycles. The molecule has 18 heavy (non-hydrogen) atoms. The smallest absolute Gasteiger partial charge is 0.334 e. The molecule has 0 spiro atoms. The SMILES string of the molecule is Nn1c(=O)c(=O)[nH]c2ccc(-c3ccc[nH]3)cc21. The first kappa shape index (κ1) is 10.4. The maximum Gasteiger partial charge on any atom is 0.334 e. The molecule has 6 heteroatoms. The van der Waals surface area contributed by atoms with Crippen LogP contribution in [0.25, 0.3) is 22.3 Å². The molecule has 0 radical (unpaired) electrons. The number of aromatic amines is 2. The van der Waals surface area contributed by atoms with Crippen LogP contribution in [0.3, 0.4) is 0 Å². The van der Waals surface area contributed by atoms with Crippen LogP contribution in [0.4, 0.5) is 0 Å². The van der Waals surface area contributed by atoms with E-state index in [1.165, 1.54) is 0 Å². The summed E-state index contributed by atoms with van der Waals surface area (Å²) in [5, 5.41) is 0. The first-order valence-corrected chi connectivity index (χ1v) is 5.35. The molecule has 1 aromatic carbocycles. The largest absolute Gasteiger partial charge is 0.361 e. The molecule has 0 amide bonds. The molecular weight excluding hydrogens is 232 g/mol. The van der Waals surface area contributed by atoms with E-state index in [9.17, 15) is 9.59 Å². The second-order valence-electron chi connectivity index (χ2n) is 3.95. The minimum absolute atomic E-state index is 0.478. The van der Waals surface area contributed by atoms with Crippen molar-refractivity contribution in [3.63, 3.8) is 0 Å². The van der Waals surface area contributed by atoms with Gasteiger partial charge in [-0.05, 0) is 24.3 Å². The van der Waals surface area contributed by atoms with Gasteiger partial charge >= 0.3 is 11.1 Å². The first-order chi connectivity index (χ1) is 8.66. The van der Waals surface area contributed by atoms with E-state index in [4.69, 9.17) is 5.84 Å². The number of nitrogen functional groups attached to an aromatic ring is 1. The van der Waals surface area contributed by atoms with Gasteiger partial charge in [0.05, 0.1) is 11.0 Å². The van der Waals surface area contributed by atoms with Crippen molar-refractivity contribution in [2.24, 2.45) is 0 Å². The summed E-state index contributed by atoms with van der Waals surface area (Å²) in [4.78, 5) is 28.3. The van der Waals surface area contributed by atoms with Gasteiger partial charge in [0.1, 0.15) is 0 Å². The summed E-state index contributed by atoms with van der Waals surface area (Å²) >= 11 is 0.